The molecule has 1 heterocycles. The van der Waals surface area contributed by atoms with Crippen LogP contribution < -0.4 is 15.4 Å². The Hall–Kier alpha value is -1.06. The van der Waals surface area contributed by atoms with Crippen LogP contribution in [0.4, 0.5) is 0 Å². The van der Waals surface area contributed by atoms with Crippen LogP contribution in [0.1, 0.15) is 12.8 Å². The Kier molecular flexibility index (Phi) is 3.59. The van der Waals surface area contributed by atoms with Gasteiger partial charge in [-0.25, -0.2) is 0 Å². The molecule has 0 saturated carbocycles. The molecule has 1 aliphatic rings. The van der Waals surface area contributed by atoms with Gasteiger partial charge in [-0.1, -0.05) is 18.2 Å². The number of hydrogen-bond acceptors (Lipinski definition) is 3. The molecule has 3 heteroatoms. The minimum atomic E-state index is 0.325. The summed E-state index contributed by atoms with van der Waals surface area (Å²) in [6, 6.07) is 10.0. The molecule has 1 aromatic carbocycles. The van der Waals surface area contributed by atoms with Gasteiger partial charge in [-0.3, -0.25) is 0 Å². The Bertz CT molecular complexity index is 289. The maximum Gasteiger partial charge on any atom is 0.119 e. The van der Waals surface area contributed by atoms with Crippen molar-refractivity contribution in [1.82, 2.24) is 10.6 Å². The maximum atomic E-state index is 5.91. The average molecular weight is 206 g/mol. The van der Waals surface area contributed by atoms with E-state index < -0.39 is 0 Å². The van der Waals surface area contributed by atoms with Gasteiger partial charge in [0.05, 0.1) is 6.17 Å². The van der Waals surface area contributed by atoms with Crippen molar-refractivity contribution in [3.05, 3.63) is 30.3 Å². The summed E-state index contributed by atoms with van der Waals surface area (Å²) >= 11 is 0. The SMILES string of the molecule is CNC1CC(Oc2ccccc2)CCN1. The minimum absolute atomic E-state index is 0.325. The first-order valence-electron chi connectivity index (χ1n) is 5.51. The van der Waals surface area contributed by atoms with Crippen molar-refractivity contribution in [3.63, 3.8) is 0 Å². The van der Waals surface area contributed by atoms with Crippen LogP contribution in [0.15, 0.2) is 30.3 Å². The Labute approximate surface area is 90.8 Å². The second-order valence-electron chi connectivity index (χ2n) is 3.87. The van der Waals surface area contributed by atoms with Gasteiger partial charge < -0.3 is 15.4 Å². The molecule has 0 amide bonds. The molecule has 82 valence electrons. The highest BCUT2D eigenvalue weighted by molar-refractivity contribution is 5.21. The topological polar surface area (TPSA) is 33.3 Å². The van der Waals surface area contributed by atoms with Crippen LogP contribution in [0.3, 0.4) is 0 Å². The van der Waals surface area contributed by atoms with Crippen LogP contribution >= 0.6 is 0 Å². The molecule has 1 saturated heterocycles. The third-order valence-corrected chi connectivity index (χ3v) is 2.75. The first-order chi connectivity index (χ1) is 7.38. The second kappa shape index (κ2) is 5.14. The standard InChI is InChI=1S/C12H18N2O/c1-13-12-9-11(7-8-14-12)15-10-5-3-2-4-6-10/h2-6,11-14H,7-9H2,1H3. The van der Waals surface area contributed by atoms with E-state index in [9.17, 15) is 0 Å². The fraction of sp³-hybridized carbons (Fsp3) is 0.500. The molecule has 2 N–H and O–H groups in total. The average Bonchev–Trinajstić information content (AvgIpc) is 2.31. The van der Waals surface area contributed by atoms with E-state index in [1.165, 1.54) is 0 Å². The monoisotopic (exact) mass is 206 g/mol. The van der Waals surface area contributed by atoms with Crippen molar-refractivity contribution in [2.75, 3.05) is 13.6 Å². The first-order valence-corrected chi connectivity index (χ1v) is 5.51. The van der Waals surface area contributed by atoms with Crippen molar-refractivity contribution >= 4 is 0 Å². The van der Waals surface area contributed by atoms with Gasteiger partial charge in [-0.2, -0.15) is 0 Å². The largest absolute Gasteiger partial charge is 0.490 e. The maximum absolute atomic E-state index is 5.91. The van der Waals surface area contributed by atoms with E-state index in [0.29, 0.717) is 12.3 Å². The lowest BCUT2D eigenvalue weighted by Gasteiger charge is -2.30. The Morgan fingerprint density at radius 2 is 2.13 bits per heavy atom. The smallest absolute Gasteiger partial charge is 0.119 e. The van der Waals surface area contributed by atoms with Crippen LogP contribution in [0.2, 0.25) is 0 Å². The fourth-order valence-electron chi connectivity index (χ4n) is 1.90. The number of rotatable bonds is 3. The summed E-state index contributed by atoms with van der Waals surface area (Å²) < 4.78 is 5.91. The number of benzene rings is 1. The van der Waals surface area contributed by atoms with Crippen LogP contribution in [-0.4, -0.2) is 25.9 Å². The molecule has 2 atom stereocenters. The van der Waals surface area contributed by atoms with E-state index in [2.05, 4.69) is 10.6 Å². The highest BCUT2D eigenvalue weighted by Crippen LogP contribution is 2.17. The predicted octanol–water partition coefficient (Wildman–Crippen LogP) is 1.36. The third kappa shape index (κ3) is 2.94. The van der Waals surface area contributed by atoms with E-state index >= 15 is 0 Å². The van der Waals surface area contributed by atoms with Gasteiger partial charge in [-0.05, 0) is 25.6 Å². The van der Waals surface area contributed by atoms with Gasteiger partial charge in [0.1, 0.15) is 11.9 Å². The number of piperidine rings is 1. The van der Waals surface area contributed by atoms with Crippen LogP contribution in [-0.2, 0) is 0 Å². The van der Waals surface area contributed by atoms with Gasteiger partial charge in [0.2, 0.25) is 0 Å². The van der Waals surface area contributed by atoms with Crippen molar-refractivity contribution in [3.8, 4) is 5.75 Å². The van der Waals surface area contributed by atoms with Gasteiger partial charge in [0.25, 0.3) is 0 Å². The minimum Gasteiger partial charge on any atom is -0.490 e. The third-order valence-electron chi connectivity index (χ3n) is 2.75. The van der Waals surface area contributed by atoms with Gasteiger partial charge in [0, 0.05) is 13.0 Å². The lowest BCUT2D eigenvalue weighted by molar-refractivity contribution is 0.132. The zero-order chi connectivity index (χ0) is 10.5. The van der Waals surface area contributed by atoms with E-state index in [1.54, 1.807) is 0 Å². The lowest BCUT2D eigenvalue weighted by Crippen LogP contribution is -2.49. The van der Waals surface area contributed by atoms with E-state index in [1.807, 2.05) is 37.4 Å². The highest BCUT2D eigenvalue weighted by Gasteiger charge is 2.21. The van der Waals surface area contributed by atoms with Crippen molar-refractivity contribution < 1.29 is 4.74 Å². The Balaban J connectivity index is 1.89. The molecular formula is C12H18N2O. The number of hydrogen-bond donors (Lipinski definition) is 2. The molecule has 0 spiro atoms. The van der Waals surface area contributed by atoms with E-state index in [0.717, 1.165) is 25.1 Å². The zero-order valence-electron chi connectivity index (χ0n) is 9.07. The summed E-state index contributed by atoms with van der Waals surface area (Å²) in [4.78, 5) is 0. The van der Waals surface area contributed by atoms with E-state index in [-0.39, 0.29) is 0 Å². The van der Waals surface area contributed by atoms with E-state index in [4.69, 9.17) is 4.74 Å². The predicted molar refractivity (Wildman–Crippen MR) is 60.9 cm³/mol. The normalized spacial score (nSPS) is 26.2. The van der Waals surface area contributed by atoms with Crippen molar-refractivity contribution in [2.45, 2.75) is 25.1 Å². The van der Waals surface area contributed by atoms with Gasteiger partial charge in [-0.15, -0.1) is 0 Å². The summed E-state index contributed by atoms with van der Waals surface area (Å²) in [5.74, 6) is 0.972. The van der Waals surface area contributed by atoms with Crippen LogP contribution in [0, 0.1) is 0 Å². The fourth-order valence-corrected chi connectivity index (χ4v) is 1.90. The number of ether oxygens (including phenoxy) is 1. The summed E-state index contributed by atoms with van der Waals surface area (Å²) in [6.45, 7) is 1.02. The van der Waals surface area contributed by atoms with Gasteiger partial charge >= 0.3 is 0 Å². The molecule has 2 rings (SSSR count). The Morgan fingerprint density at radius 1 is 1.33 bits per heavy atom. The first kappa shape index (κ1) is 10.5. The van der Waals surface area contributed by atoms with Crippen LogP contribution in [0.25, 0.3) is 0 Å². The summed E-state index contributed by atoms with van der Waals surface area (Å²) in [5, 5.41) is 6.62. The summed E-state index contributed by atoms with van der Waals surface area (Å²) in [7, 11) is 1.97. The zero-order valence-corrected chi connectivity index (χ0v) is 9.07. The van der Waals surface area contributed by atoms with Crippen molar-refractivity contribution in [1.29, 1.82) is 0 Å². The molecule has 0 aromatic heterocycles. The molecule has 0 bridgehead atoms. The summed E-state index contributed by atoms with van der Waals surface area (Å²) in [6.07, 6.45) is 2.80. The quantitative estimate of drug-likeness (QED) is 0.783. The molecule has 0 aliphatic carbocycles. The molecule has 1 aliphatic heterocycles. The van der Waals surface area contributed by atoms with Gasteiger partial charge in [0.15, 0.2) is 0 Å². The number of nitrogens with one attached hydrogen (secondary N) is 2. The highest BCUT2D eigenvalue weighted by atomic mass is 16.5. The molecule has 1 aromatic rings. The molecule has 15 heavy (non-hydrogen) atoms. The molecule has 2 unspecified atom stereocenters. The summed E-state index contributed by atoms with van der Waals surface area (Å²) in [5.41, 5.74) is 0. The number of para-hydroxylation sites is 1. The molecule has 1 fully saturated rings. The molecule has 0 radical (unpaired) electrons. The van der Waals surface area contributed by atoms with Crippen molar-refractivity contribution in [2.24, 2.45) is 0 Å². The second-order valence-corrected chi connectivity index (χ2v) is 3.87. The van der Waals surface area contributed by atoms with Crippen LogP contribution in [0.5, 0.6) is 5.75 Å². The Morgan fingerprint density at radius 3 is 2.87 bits per heavy atom. The lowest BCUT2D eigenvalue weighted by atomic mass is 10.1. The molecule has 3 nitrogen and oxygen atoms in total. The molecular weight excluding hydrogens is 188 g/mol.